The van der Waals surface area contributed by atoms with Crippen LogP contribution in [0.25, 0.3) is 0 Å². The van der Waals surface area contributed by atoms with Gasteiger partial charge in [-0.2, -0.15) is 0 Å². The second kappa shape index (κ2) is 4.88. The topological polar surface area (TPSA) is 116 Å². The molecular weight excluding hydrogens is 258 g/mol. The van der Waals surface area contributed by atoms with Gasteiger partial charge in [0.1, 0.15) is 17.9 Å². The number of nitrogens with zero attached hydrogens (tertiary/aromatic N) is 3. The Morgan fingerprint density at radius 3 is 2.83 bits per heavy atom. The van der Waals surface area contributed by atoms with Crippen molar-refractivity contribution in [3.63, 3.8) is 0 Å². The molecule has 2 aromatic heterocycles. The first-order valence-corrected chi connectivity index (χ1v) is 6.62. The Labute approximate surface area is 104 Å². The first-order chi connectivity index (χ1) is 8.53. The SMILES string of the molecule is Cn1cnnc1CNS(=O)(=O)c1ccc(CN)o1. The highest BCUT2D eigenvalue weighted by atomic mass is 32.2. The number of hydrogen-bond acceptors (Lipinski definition) is 6. The lowest BCUT2D eigenvalue weighted by Crippen LogP contribution is -2.24. The summed E-state index contributed by atoms with van der Waals surface area (Å²) in [6.45, 7) is 0.191. The van der Waals surface area contributed by atoms with E-state index in [0.29, 0.717) is 11.6 Å². The Kier molecular flexibility index (Phi) is 3.45. The van der Waals surface area contributed by atoms with E-state index in [1.807, 2.05) is 0 Å². The zero-order chi connectivity index (χ0) is 13.2. The van der Waals surface area contributed by atoms with Crippen LogP contribution in [0.3, 0.4) is 0 Å². The van der Waals surface area contributed by atoms with E-state index in [4.69, 9.17) is 10.2 Å². The first-order valence-electron chi connectivity index (χ1n) is 5.14. The number of hydrogen-bond donors (Lipinski definition) is 2. The summed E-state index contributed by atoms with van der Waals surface area (Å²) in [4.78, 5) is 0. The van der Waals surface area contributed by atoms with Gasteiger partial charge in [0.15, 0.2) is 0 Å². The van der Waals surface area contributed by atoms with Crippen molar-refractivity contribution in [3.05, 3.63) is 30.0 Å². The van der Waals surface area contributed by atoms with Crippen LogP contribution in [0.2, 0.25) is 0 Å². The van der Waals surface area contributed by atoms with E-state index < -0.39 is 10.0 Å². The highest BCUT2D eigenvalue weighted by Gasteiger charge is 2.19. The van der Waals surface area contributed by atoms with Crippen molar-refractivity contribution < 1.29 is 12.8 Å². The van der Waals surface area contributed by atoms with Crippen LogP contribution >= 0.6 is 0 Å². The minimum atomic E-state index is -3.70. The summed E-state index contributed by atoms with van der Waals surface area (Å²) in [6.07, 6.45) is 1.49. The summed E-state index contributed by atoms with van der Waals surface area (Å²) in [6, 6.07) is 2.89. The molecular formula is C9H13N5O3S. The molecule has 18 heavy (non-hydrogen) atoms. The highest BCUT2D eigenvalue weighted by molar-refractivity contribution is 7.89. The van der Waals surface area contributed by atoms with E-state index in [1.54, 1.807) is 11.6 Å². The molecule has 2 rings (SSSR count). The normalized spacial score (nSPS) is 11.9. The van der Waals surface area contributed by atoms with Gasteiger partial charge >= 0.3 is 0 Å². The van der Waals surface area contributed by atoms with Crippen LogP contribution in [-0.4, -0.2) is 23.2 Å². The quantitative estimate of drug-likeness (QED) is 0.746. The van der Waals surface area contributed by atoms with Crippen LogP contribution in [-0.2, 0) is 30.2 Å². The van der Waals surface area contributed by atoms with Crippen LogP contribution in [0.5, 0.6) is 0 Å². The van der Waals surface area contributed by atoms with Crippen molar-refractivity contribution in [3.8, 4) is 0 Å². The zero-order valence-corrected chi connectivity index (χ0v) is 10.5. The van der Waals surface area contributed by atoms with Gasteiger partial charge in [0.05, 0.1) is 13.1 Å². The monoisotopic (exact) mass is 271 g/mol. The minimum Gasteiger partial charge on any atom is -0.447 e. The number of aryl methyl sites for hydroxylation is 1. The summed E-state index contributed by atoms with van der Waals surface area (Å²) in [5, 5.41) is 7.26. The van der Waals surface area contributed by atoms with Gasteiger partial charge in [-0.15, -0.1) is 10.2 Å². The Morgan fingerprint density at radius 2 is 2.28 bits per heavy atom. The number of rotatable bonds is 5. The molecule has 0 saturated carbocycles. The van der Waals surface area contributed by atoms with Crippen molar-refractivity contribution in [2.75, 3.05) is 0 Å². The predicted molar refractivity (Wildman–Crippen MR) is 61.6 cm³/mol. The maximum absolute atomic E-state index is 11.9. The van der Waals surface area contributed by atoms with Gasteiger partial charge in [-0.05, 0) is 12.1 Å². The molecule has 0 saturated heterocycles. The molecule has 2 heterocycles. The van der Waals surface area contributed by atoms with Crippen LogP contribution in [0.1, 0.15) is 11.6 Å². The lowest BCUT2D eigenvalue weighted by atomic mass is 10.5. The fourth-order valence-electron chi connectivity index (χ4n) is 1.31. The van der Waals surface area contributed by atoms with E-state index in [9.17, 15) is 8.42 Å². The van der Waals surface area contributed by atoms with Crippen molar-refractivity contribution in [1.29, 1.82) is 0 Å². The third-order valence-corrected chi connectivity index (χ3v) is 3.60. The van der Waals surface area contributed by atoms with E-state index in [2.05, 4.69) is 14.9 Å². The van der Waals surface area contributed by atoms with E-state index in [-0.39, 0.29) is 18.2 Å². The van der Waals surface area contributed by atoms with E-state index in [0.717, 1.165) is 0 Å². The summed E-state index contributed by atoms with van der Waals surface area (Å²) < 4.78 is 32.8. The molecule has 0 amide bonds. The van der Waals surface area contributed by atoms with Gasteiger partial charge in [0, 0.05) is 7.05 Å². The molecule has 98 valence electrons. The molecule has 0 atom stereocenters. The molecule has 0 unspecified atom stereocenters. The maximum Gasteiger partial charge on any atom is 0.274 e. The fraction of sp³-hybridized carbons (Fsp3) is 0.333. The van der Waals surface area contributed by atoms with Gasteiger partial charge in [-0.1, -0.05) is 0 Å². The van der Waals surface area contributed by atoms with Crippen LogP contribution in [0.15, 0.2) is 28.0 Å². The molecule has 0 fully saturated rings. The number of furan rings is 1. The summed E-state index contributed by atoms with van der Waals surface area (Å²) >= 11 is 0. The average molecular weight is 271 g/mol. The summed E-state index contributed by atoms with van der Waals surface area (Å²) in [7, 11) is -1.97. The molecule has 0 bridgehead atoms. The molecule has 0 aromatic carbocycles. The molecule has 0 radical (unpaired) electrons. The molecule has 9 heteroatoms. The number of nitrogens with one attached hydrogen (secondary N) is 1. The Balaban J connectivity index is 2.10. The summed E-state index contributed by atoms with van der Waals surface area (Å²) in [5.41, 5.74) is 5.35. The van der Waals surface area contributed by atoms with Gasteiger partial charge in [-0.3, -0.25) is 0 Å². The van der Waals surface area contributed by atoms with Crippen molar-refractivity contribution >= 4 is 10.0 Å². The van der Waals surface area contributed by atoms with Crippen LogP contribution < -0.4 is 10.5 Å². The number of nitrogens with two attached hydrogens (primary N) is 1. The standard InChI is InChI=1S/C9H13N5O3S/c1-14-6-11-13-8(14)5-12-18(15,16)9-3-2-7(4-10)17-9/h2-3,6,12H,4-5,10H2,1H3. The Morgan fingerprint density at radius 1 is 1.50 bits per heavy atom. The number of sulfonamides is 1. The van der Waals surface area contributed by atoms with E-state index in [1.165, 1.54) is 18.5 Å². The zero-order valence-electron chi connectivity index (χ0n) is 9.70. The Bertz CT molecular complexity index is 630. The first kappa shape index (κ1) is 12.7. The molecule has 0 spiro atoms. The highest BCUT2D eigenvalue weighted by Crippen LogP contribution is 2.13. The fourth-order valence-corrected chi connectivity index (χ4v) is 2.24. The van der Waals surface area contributed by atoms with Crippen LogP contribution in [0.4, 0.5) is 0 Å². The van der Waals surface area contributed by atoms with Crippen molar-refractivity contribution in [2.45, 2.75) is 18.2 Å². The lowest BCUT2D eigenvalue weighted by molar-refractivity contribution is 0.412. The molecule has 0 aliphatic heterocycles. The predicted octanol–water partition coefficient (Wildman–Crippen LogP) is -0.655. The molecule has 0 aliphatic carbocycles. The van der Waals surface area contributed by atoms with Crippen LogP contribution in [0, 0.1) is 0 Å². The Hall–Kier alpha value is -1.71. The van der Waals surface area contributed by atoms with Gasteiger partial charge in [0.25, 0.3) is 10.0 Å². The lowest BCUT2D eigenvalue weighted by Gasteiger charge is -2.03. The molecule has 3 N–H and O–H groups in total. The largest absolute Gasteiger partial charge is 0.447 e. The second-order valence-electron chi connectivity index (χ2n) is 3.61. The third kappa shape index (κ3) is 2.58. The van der Waals surface area contributed by atoms with Gasteiger partial charge in [0.2, 0.25) is 5.09 Å². The van der Waals surface area contributed by atoms with Gasteiger partial charge in [-0.25, -0.2) is 13.1 Å². The third-order valence-electron chi connectivity index (χ3n) is 2.33. The van der Waals surface area contributed by atoms with Crippen molar-refractivity contribution in [2.24, 2.45) is 12.8 Å². The molecule has 0 aliphatic rings. The van der Waals surface area contributed by atoms with Gasteiger partial charge < -0.3 is 14.7 Å². The molecule has 2 aromatic rings. The van der Waals surface area contributed by atoms with Crippen molar-refractivity contribution in [1.82, 2.24) is 19.5 Å². The average Bonchev–Trinajstić information content (AvgIpc) is 2.95. The molecule has 8 nitrogen and oxygen atoms in total. The maximum atomic E-state index is 11.9. The summed E-state index contributed by atoms with van der Waals surface area (Å²) in [5.74, 6) is 0.915. The second-order valence-corrected chi connectivity index (χ2v) is 5.31. The minimum absolute atomic E-state index is 0.0392. The number of aromatic nitrogens is 3. The smallest absolute Gasteiger partial charge is 0.274 e. The van der Waals surface area contributed by atoms with E-state index >= 15 is 0 Å².